The average molecular weight is 380 g/mol. The molecule has 1 aliphatic rings. The predicted octanol–water partition coefficient (Wildman–Crippen LogP) is 3.13. The molecule has 0 spiro atoms. The Balaban J connectivity index is 1.76. The summed E-state index contributed by atoms with van der Waals surface area (Å²) >= 11 is 0. The molecule has 1 aliphatic heterocycles. The number of para-hydroxylation sites is 1. The second-order valence-electron chi connectivity index (χ2n) is 7.04. The summed E-state index contributed by atoms with van der Waals surface area (Å²) in [6.45, 7) is 8.64. The Morgan fingerprint density at radius 1 is 1.04 bits per heavy atom. The highest BCUT2D eigenvalue weighted by atomic mass is 16.2. The second kappa shape index (κ2) is 8.87. The molecule has 0 radical (unpaired) electrons. The first-order valence-electron chi connectivity index (χ1n) is 9.91. The molecule has 1 aromatic carbocycles. The molecule has 1 saturated heterocycles. The summed E-state index contributed by atoms with van der Waals surface area (Å²) < 4.78 is 0. The average Bonchev–Trinajstić information content (AvgIpc) is 2.74. The fraction of sp³-hybridized carbons (Fsp3) is 0.409. The molecule has 0 atom stereocenters. The van der Waals surface area contributed by atoms with E-state index < -0.39 is 0 Å². The summed E-state index contributed by atoms with van der Waals surface area (Å²) in [6.07, 6.45) is 5.10. The van der Waals surface area contributed by atoms with Crippen LogP contribution in [-0.2, 0) is 17.6 Å². The number of carbonyl (C=O) groups is 2. The van der Waals surface area contributed by atoms with E-state index >= 15 is 0 Å². The molecular formula is C22H28N4O2. The monoisotopic (exact) mass is 380 g/mol. The minimum absolute atomic E-state index is 0.104. The number of benzene rings is 1. The number of hydrogen-bond acceptors (Lipinski definition) is 4. The van der Waals surface area contributed by atoms with Crippen LogP contribution in [-0.4, -0.2) is 47.9 Å². The highest BCUT2D eigenvalue weighted by Gasteiger charge is 2.20. The topological polar surface area (TPSA) is 65.5 Å². The van der Waals surface area contributed by atoms with Crippen molar-refractivity contribution in [2.45, 2.75) is 33.6 Å². The Hall–Kier alpha value is -2.89. The van der Waals surface area contributed by atoms with Gasteiger partial charge in [-0.3, -0.25) is 14.6 Å². The first-order chi connectivity index (χ1) is 13.5. The molecule has 28 heavy (non-hydrogen) atoms. The zero-order valence-electron chi connectivity index (χ0n) is 16.9. The third-order valence-corrected chi connectivity index (χ3v) is 5.31. The number of nitrogens with one attached hydrogen (secondary N) is 1. The van der Waals surface area contributed by atoms with Gasteiger partial charge in [-0.25, -0.2) is 0 Å². The molecule has 0 bridgehead atoms. The number of aromatic nitrogens is 1. The predicted molar refractivity (Wildman–Crippen MR) is 112 cm³/mol. The van der Waals surface area contributed by atoms with Crippen molar-refractivity contribution in [2.75, 3.05) is 36.4 Å². The van der Waals surface area contributed by atoms with E-state index in [1.54, 1.807) is 19.3 Å². The highest BCUT2D eigenvalue weighted by Crippen LogP contribution is 2.24. The lowest BCUT2D eigenvalue weighted by molar-refractivity contribution is -0.129. The van der Waals surface area contributed by atoms with Gasteiger partial charge in [-0.05, 0) is 30.0 Å². The van der Waals surface area contributed by atoms with Crippen LogP contribution in [0.15, 0.2) is 36.7 Å². The fourth-order valence-corrected chi connectivity index (χ4v) is 3.59. The van der Waals surface area contributed by atoms with Crippen LogP contribution in [0.3, 0.4) is 0 Å². The second-order valence-corrected chi connectivity index (χ2v) is 7.04. The number of rotatable bonds is 5. The van der Waals surface area contributed by atoms with Gasteiger partial charge < -0.3 is 15.1 Å². The van der Waals surface area contributed by atoms with Crippen molar-refractivity contribution in [2.24, 2.45) is 0 Å². The van der Waals surface area contributed by atoms with Crippen LogP contribution in [0, 0.1) is 0 Å². The van der Waals surface area contributed by atoms with Crippen molar-refractivity contribution < 1.29 is 9.59 Å². The molecule has 1 N–H and O–H groups in total. The largest absolute Gasteiger partial charge is 0.367 e. The van der Waals surface area contributed by atoms with Gasteiger partial charge in [0.2, 0.25) is 5.91 Å². The normalized spacial score (nSPS) is 14.1. The molecule has 2 aromatic rings. The molecular weight excluding hydrogens is 352 g/mol. The molecule has 0 saturated carbocycles. The Morgan fingerprint density at radius 3 is 2.25 bits per heavy atom. The number of nitrogens with zero attached hydrogens (tertiary/aromatic N) is 3. The lowest BCUT2D eigenvalue weighted by Gasteiger charge is -2.35. The molecule has 0 unspecified atom stereocenters. The molecule has 1 fully saturated rings. The van der Waals surface area contributed by atoms with E-state index in [1.807, 2.05) is 17.0 Å². The maximum Gasteiger partial charge on any atom is 0.257 e. The van der Waals surface area contributed by atoms with E-state index in [-0.39, 0.29) is 11.8 Å². The summed E-state index contributed by atoms with van der Waals surface area (Å²) in [7, 11) is 0. The lowest BCUT2D eigenvalue weighted by atomic mass is 10.0. The van der Waals surface area contributed by atoms with Crippen LogP contribution in [0.5, 0.6) is 0 Å². The van der Waals surface area contributed by atoms with Crippen LogP contribution >= 0.6 is 0 Å². The molecule has 3 rings (SSSR count). The molecule has 1 aromatic heterocycles. The summed E-state index contributed by atoms with van der Waals surface area (Å²) in [4.78, 5) is 32.7. The number of hydrogen-bond donors (Lipinski definition) is 1. The highest BCUT2D eigenvalue weighted by molar-refractivity contribution is 6.05. The SMILES string of the molecule is CCc1cccc(CC)c1NC(=O)c1cncc(N2CCN(C(C)=O)CC2)c1. The quantitative estimate of drug-likeness (QED) is 0.866. The van der Waals surface area contributed by atoms with E-state index in [4.69, 9.17) is 0 Å². The van der Waals surface area contributed by atoms with Gasteiger partial charge in [0.15, 0.2) is 0 Å². The Bertz CT molecular complexity index is 835. The van der Waals surface area contributed by atoms with Crippen LogP contribution in [0.1, 0.15) is 42.3 Å². The number of pyridine rings is 1. The molecule has 2 heterocycles. The van der Waals surface area contributed by atoms with Crippen molar-refractivity contribution >= 4 is 23.2 Å². The molecule has 0 aliphatic carbocycles. The summed E-state index contributed by atoms with van der Waals surface area (Å²) in [5.41, 5.74) is 4.64. The van der Waals surface area contributed by atoms with Crippen molar-refractivity contribution in [3.05, 3.63) is 53.3 Å². The minimum Gasteiger partial charge on any atom is -0.367 e. The zero-order chi connectivity index (χ0) is 20.1. The van der Waals surface area contributed by atoms with Gasteiger partial charge in [0.1, 0.15) is 0 Å². The van der Waals surface area contributed by atoms with Crippen LogP contribution in [0.2, 0.25) is 0 Å². The van der Waals surface area contributed by atoms with E-state index in [2.05, 4.69) is 41.2 Å². The van der Waals surface area contributed by atoms with E-state index in [9.17, 15) is 9.59 Å². The maximum atomic E-state index is 12.9. The summed E-state index contributed by atoms with van der Waals surface area (Å²) in [5, 5.41) is 3.10. The third kappa shape index (κ3) is 4.32. The van der Waals surface area contributed by atoms with Crippen LogP contribution in [0.25, 0.3) is 0 Å². The van der Waals surface area contributed by atoms with Crippen LogP contribution in [0.4, 0.5) is 11.4 Å². The van der Waals surface area contributed by atoms with Crippen LogP contribution < -0.4 is 10.2 Å². The summed E-state index contributed by atoms with van der Waals surface area (Å²) in [5.74, 6) is -0.0421. The van der Waals surface area contributed by atoms with Crippen molar-refractivity contribution in [1.82, 2.24) is 9.88 Å². The Morgan fingerprint density at radius 2 is 1.68 bits per heavy atom. The van der Waals surface area contributed by atoms with Crippen molar-refractivity contribution in [3.8, 4) is 0 Å². The van der Waals surface area contributed by atoms with Gasteiger partial charge in [0.05, 0.1) is 17.4 Å². The number of amides is 2. The van der Waals surface area contributed by atoms with Gasteiger partial charge in [0.25, 0.3) is 5.91 Å². The van der Waals surface area contributed by atoms with Gasteiger partial charge >= 0.3 is 0 Å². The van der Waals surface area contributed by atoms with Gasteiger partial charge in [0, 0.05) is 45.0 Å². The molecule has 6 heteroatoms. The number of aryl methyl sites for hydroxylation is 2. The molecule has 6 nitrogen and oxygen atoms in total. The zero-order valence-corrected chi connectivity index (χ0v) is 16.9. The first-order valence-corrected chi connectivity index (χ1v) is 9.91. The van der Waals surface area contributed by atoms with E-state index in [0.29, 0.717) is 18.7 Å². The maximum absolute atomic E-state index is 12.9. The smallest absolute Gasteiger partial charge is 0.257 e. The first kappa shape index (κ1) is 19.9. The van der Waals surface area contributed by atoms with Gasteiger partial charge in [-0.15, -0.1) is 0 Å². The van der Waals surface area contributed by atoms with Crippen molar-refractivity contribution in [3.63, 3.8) is 0 Å². The number of piperazine rings is 1. The van der Waals surface area contributed by atoms with Crippen molar-refractivity contribution in [1.29, 1.82) is 0 Å². The van der Waals surface area contributed by atoms with Gasteiger partial charge in [-0.1, -0.05) is 32.0 Å². The number of anilines is 2. The Labute approximate surface area is 166 Å². The fourth-order valence-electron chi connectivity index (χ4n) is 3.59. The summed E-state index contributed by atoms with van der Waals surface area (Å²) in [6, 6.07) is 8.03. The van der Waals surface area contributed by atoms with E-state index in [1.165, 1.54) is 0 Å². The molecule has 148 valence electrons. The third-order valence-electron chi connectivity index (χ3n) is 5.31. The van der Waals surface area contributed by atoms with Gasteiger partial charge in [-0.2, -0.15) is 0 Å². The van der Waals surface area contributed by atoms with E-state index in [0.717, 1.165) is 48.4 Å². The lowest BCUT2D eigenvalue weighted by Crippen LogP contribution is -2.48. The minimum atomic E-state index is -0.146. The molecule has 2 amide bonds. The standard InChI is InChI=1S/C22H28N4O2/c1-4-17-7-6-8-18(5-2)21(17)24-22(28)19-13-20(15-23-14-19)26-11-9-25(10-12-26)16(3)27/h6-8,13-15H,4-5,9-12H2,1-3H3,(H,24,28). The Kier molecular flexibility index (Phi) is 6.29. The number of carbonyl (C=O) groups excluding carboxylic acids is 2.